The lowest BCUT2D eigenvalue weighted by molar-refractivity contribution is -0.144. The number of aliphatic hydroxyl groups is 1. The Bertz CT molecular complexity index is 1770. The molecule has 2 aromatic heterocycles. The Balaban J connectivity index is 1.27. The van der Waals surface area contributed by atoms with Gasteiger partial charge in [0.2, 0.25) is 11.8 Å². The predicted molar refractivity (Wildman–Crippen MR) is 168 cm³/mol. The zero-order valence-electron chi connectivity index (χ0n) is 25.7. The van der Waals surface area contributed by atoms with Crippen LogP contribution in [0, 0.1) is 12.8 Å². The zero-order valence-corrected chi connectivity index (χ0v) is 25.7. The predicted octanol–water partition coefficient (Wildman–Crippen LogP) is 5.10. The van der Waals surface area contributed by atoms with Gasteiger partial charge in [-0.05, 0) is 67.1 Å². The number of aliphatic hydroxyl groups excluding tert-OH is 1. The maximum absolute atomic E-state index is 11.9. The lowest BCUT2D eigenvalue weighted by Gasteiger charge is -2.35. The summed E-state index contributed by atoms with van der Waals surface area (Å²) in [5.41, 5.74) is 4.82. The summed E-state index contributed by atoms with van der Waals surface area (Å²) in [6, 6.07) is 13.8. The lowest BCUT2D eigenvalue weighted by atomic mass is 9.67. The van der Waals surface area contributed by atoms with Crippen LogP contribution in [0.1, 0.15) is 66.9 Å². The van der Waals surface area contributed by atoms with E-state index in [9.17, 15) is 15.0 Å². The Kier molecular flexibility index (Phi) is 7.89. The normalized spacial score (nSPS) is 26.0. The van der Waals surface area contributed by atoms with E-state index in [1.807, 2.05) is 41.3 Å². The van der Waals surface area contributed by atoms with Crippen molar-refractivity contribution in [2.45, 2.75) is 70.2 Å². The molecule has 2 aliphatic heterocycles. The summed E-state index contributed by atoms with van der Waals surface area (Å²) in [5.74, 6) is 0.517. The standard InChI is InChI=1S/C35H39N5O5/c1-22-8-3-4-9-26(22)27-10-7-15-35(23(27)2,33-37-31(45-38-33)21-39-17-14-25(41)20-39)34-36-28-18-24(12-13-30(28)44-34)19-40-16-6-5-11-29(40)32(42)43/h3-4,7-10,12-13,15,18,23,25,29,41H,5-6,11,14,16-17,19-21H2,1-2H3,(H,42,43)/t23?,25-,29+,35?/m1/s1. The summed E-state index contributed by atoms with van der Waals surface area (Å²) in [6.45, 7) is 7.38. The van der Waals surface area contributed by atoms with Crippen LogP contribution < -0.4 is 0 Å². The molecule has 45 heavy (non-hydrogen) atoms. The minimum atomic E-state index is -0.945. The molecular formula is C35H39N5O5. The molecule has 2 saturated heterocycles. The van der Waals surface area contributed by atoms with Gasteiger partial charge in [-0.1, -0.05) is 67.1 Å². The molecule has 0 spiro atoms. The Morgan fingerprint density at radius 3 is 2.76 bits per heavy atom. The Hall–Kier alpha value is -4.12. The fourth-order valence-electron chi connectivity index (χ4n) is 7.25. The first-order valence-electron chi connectivity index (χ1n) is 15.9. The van der Waals surface area contributed by atoms with Gasteiger partial charge in [-0.3, -0.25) is 14.6 Å². The minimum absolute atomic E-state index is 0.153. The number of carboxylic acid groups (broad SMARTS) is 1. The second-order valence-corrected chi connectivity index (χ2v) is 12.7. The molecule has 0 amide bonds. The highest BCUT2D eigenvalue weighted by molar-refractivity contribution is 5.77. The molecule has 3 aliphatic rings. The van der Waals surface area contributed by atoms with Crippen molar-refractivity contribution in [2.24, 2.45) is 5.92 Å². The third-order valence-corrected chi connectivity index (χ3v) is 9.78. The number of likely N-dealkylation sites (tertiary alicyclic amines) is 2. The number of aliphatic carboxylic acids is 1. The second kappa shape index (κ2) is 12.0. The molecular weight excluding hydrogens is 570 g/mol. The molecule has 4 atom stereocenters. The number of carbonyl (C=O) groups is 1. The fourth-order valence-corrected chi connectivity index (χ4v) is 7.25. The van der Waals surface area contributed by atoms with Gasteiger partial charge in [0.25, 0.3) is 0 Å². The largest absolute Gasteiger partial charge is 0.480 e. The molecule has 10 heteroatoms. The first kappa shape index (κ1) is 29.6. The van der Waals surface area contributed by atoms with E-state index in [1.165, 1.54) is 5.56 Å². The maximum atomic E-state index is 11.9. The number of aromatic nitrogens is 3. The van der Waals surface area contributed by atoms with E-state index >= 15 is 0 Å². The van der Waals surface area contributed by atoms with Crippen LogP contribution in [0.4, 0.5) is 0 Å². The highest BCUT2D eigenvalue weighted by Gasteiger charge is 2.49. The van der Waals surface area contributed by atoms with Crippen molar-refractivity contribution < 1.29 is 23.9 Å². The molecule has 2 unspecified atom stereocenters. The number of rotatable bonds is 8. The van der Waals surface area contributed by atoms with Crippen molar-refractivity contribution >= 4 is 22.6 Å². The van der Waals surface area contributed by atoms with E-state index < -0.39 is 17.4 Å². The van der Waals surface area contributed by atoms with Crippen LogP contribution in [-0.4, -0.2) is 72.9 Å². The van der Waals surface area contributed by atoms with Crippen LogP contribution in [0.3, 0.4) is 0 Å². The lowest BCUT2D eigenvalue weighted by Crippen LogP contribution is -2.43. The summed E-state index contributed by atoms with van der Waals surface area (Å²) in [4.78, 5) is 26.0. The average molecular weight is 610 g/mol. The molecule has 2 N–H and O–H groups in total. The molecule has 0 saturated carbocycles. The Morgan fingerprint density at radius 1 is 1.09 bits per heavy atom. The molecule has 0 bridgehead atoms. The molecule has 10 nitrogen and oxygen atoms in total. The van der Waals surface area contributed by atoms with Crippen LogP contribution in [-0.2, 0) is 23.3 Å². The summed E-state index contributed by atoms with van der Waals surface area (Å²) < 4.78 is 12.4. The number of carboxylic acids is 1. The van der Waals surface area contributed by atoms with Gasteiger partial charge in [0.05, 0.1) is 12.6 Å². The van der Waals surface area contributed by atoms with Crippen LogP contribution in [0.15, 0.2) is 69.6 Å². The first-order valence-corrected chi connectivity index (χ1v) is 15.9. The number of allylic oxidation sites excluding steroid dienone is 4. The molecule has 234 valence electrons. The summed E-state index contributed by atoms with van der Waals surface area (Å²) in [5, 5.41) is 24.3. The Morgan fingerprint density at radius 2 is 1.96 bits per heavy atom. The van der Waals surface area contributed by atoms with Gasteiger partial charge < -0.3 is 19.2 Å². The third kappa shape index (κ3) is 5.51. The topological polar surface area (TPSA) is 129 Å². The van der Waals surface area contributed by atoms with E-state index in [1.54, 1.807) is 0 Å². The van der Waals surface area contributed by atoms with Gasteiger partial charge in [0, 0.05) is 25.6 Å². The number of fused-ring (bicyclic) bond motifs is 1. The smallest absolute Gasteiger partial charge is 0.320 e. The number of benzene rings is 2. The average Bonchev–Trinajstić information content (AvgIpc) is 3.78. The van der Waals surface area contributed by atoms with Crippen molar-refractivity contribution in [3.05, 3.63) is 95.0 Å². The molecule has 2 aromatic carbocycles. The summed E-state index contributed by atoms with van der Waals surface area (Å²) in [7, 11) is 0. The van der Waals surface area contributed by atoms with E-state index in [0.29, 0.717) is 54.8 Å². The van der Waals surface area contributed by atoms with Gasteiger partial charge in [-0.25, -0.2) is 4.98 Å². The van der Waals surface area contributed by atoms with E-state index in [2.05, 4.69) is 48.2 Å². The molecule has 2 fully saturated rings. The van der Waals surface area contributed by atoms with E-state index in [4.69, 9.17) is 18.9 Å². The minimum Gasteiger partial charge on any atom is -0.480 e. The van der Waals surface area contributed by atoms with Gasteiger partial charge >= 0.3 is 5.97 Å². The molecule has 1 aliphatic carbocycles. The van der Waals surface area contributed by atoms with E-state index in [-0.39, 0.29) is 12.0 Å². The quantitative estimate of drug-likeness (QED) is 0.278. The first-order chi connectivity index (χ1) is 21.8. The number of aryl methyl sites for hydroxylation is 1. The number of hydrogen-bond donors (Lipinski definition) is 2. The fraction of sp³-hybridized carbons (Fsp3) is 0.429. The highest BCUT2D eigenvalue weighted by Crippen LogP contribution is 2.48. The van der Waals surface area contributed by atoms with Gasteiger partial charge in [-0.2, -0.15) is 4.98 Å². The second-order valence-electron chi connectivity index (χ2n) is 12.7. The number of hydrogen-bond acceptors (Lipinski definition) is 9. The molecule has 7 rings (SSSR count). The third-order valence-electron chi connectivity index (χ3n) is 9.78. The van der Waals surface area contributed by atoms with Crippen LogP contribution in [0.25, 0.3) is 16.7 Å². The number of nitrogens with zero attached hydrogens (tertiary/aromatic N) is 5. The van der Waals surface area contributed by atoms with Crippen molar-refractivity contribution in [2.75, 3.05) is 19.6 Å². The molecule has 0 radical (unpaired) electrons. The summed E-state index contributed by atoms with van der Waals surface area (Å²) in [6.07, 6.45) is 9.21. The van der Waals surface area contributed by atoms with Crippen molar-refractivity contribution in [1.29, 1.82) is 0 Å². The van der Waals surface area contributed by atoms with Gasteiger partial charge in [0.1, 0.15) is 17.0 Å². The monoisotopic (exact) mass is 609 g/mol. The highest BCUT2D eigenvalue weighted by atomic mass is 16.5. The number of piperidine rings is 1. The van der Waals surface area contributed by atoms with Crippen LogP contribution in [0.2, 0.25) is 0 Å². The van der Waals surface area contributed by atoms with Crippen molar-refractivity contribution in [3.8, 4) is 0 Å². The molecule has 4 heterocycles. The zero-order chi connectivity index (χ0) is 31.1. The van der Waals surface area contributed by atoms with Crippen LogP contribution in [0.5, 0.6) is 0 Å². The SMILES string of the molecule is Cc1ccccc1C1=CC=CC(c2noc(CN3CC[C@@H](O)C3)n2)(c2nc3cc(CN4CCCC[C@H]4C(=O)O)ccc3o2)C1C. The van der Waals surface area contributed by atoms with Crippen LogP contribution >= 0.6 is 0 Å². The number of oxazole rings is 1. The Labute approximate surface area is 262 Å². The van der Waals surface area contributed by atoms with Crippen molar-refractivity contribution in [3.63, 3.8) is 0 Å². The van der Waals surface area contributed by atoms with Gasteiger partial charge in [0.15, 0.2) is 11.4 Å². The van der Waals surface area contributed by atoms with E-state index in [0.717, 1.165) is 49.1 Å². The molecule has 4 aromatic rings. The van der Waals surface area contributed by atoms with Crippen molar-refractivity contribution in [1.82, 2.24) is 24.9 Å². The van der Waals surface area contributed by atoms with Gasteiger partial charge in [-0.15, -0.1) is 0 Å². The number of β-amino-alcohol motifs (C(OH)–C–C–N with tert-alkyl or cyclic N) is 1. The maximum Gasteiger partial charge on any atom is 0.320 e. The summed E-state index contributed by atoms with van der Waals surface area (Å²) >= 11 is 0.